The zero-order chi connectivity index (χ0) is 57.8. The molecule has 4 heterocycles. The number of hydrogen-bond acceptors (Lipinski definition) is 12. The average molecular weight is 1120 g/mol. The number of alkyl halides is 6. The molecule has 0 spiro atoms. The van der Waals surface area contributed by atoms with Crippen molar-refractivity contribution in [2.24, 2.45) is 0 Å². The van der Waals surface area contributed by atoms with Crippen LogP contribution >= 0.6 is 0 Å². The van der Waals surface area contributed by atoms with E-state index in [4.69, 9.17) is 9.57 Å². The molecule has 422 valence electrons. The smallest absolute Gasteiger partial charge is 0.390 e. The van der Waals surface area contributed by atoms with Crippen molar-refractivity contribution in [1.82, 2.24) is 44.9 Å². The van der Waals surface area contributed by atoms with Gasteiger partial charge in [-0.3, -0.25) is 24.0 Å². The highest BCUT2D eigenvalue weighted by Gasteiger charge is 2.30. The number of fused-ring (bicyclic) bond motifs is 2. The molecule has 4 aromatic carbocycles. The Bertz CT molecular complexity index is 3650. The van der Waals surface area contributed by atoms with Crippen LogP contribution in [0.1, 0.15) is 102 Å². The van der Waals surface area contributed by atoms with Crippen LogP contribution in [-0.2, 0) is 11.4 Å². The molecule has 10 rings (SSSR count). The summed E-state index contributed by atoms with van der Waals surface area (Å²) in [4.78, 5) is 65.4. The van der Waals surface area contributed by atoms with Crippen molar-refractivity contribution in [2.75, 3.05) is 37.9 Å². The van der Waals surface area contributed by atoms with Crippen LogP contribution in [0.25, 0.3) is 33.8 Å². The fraction of sp³-hybridized carbons (Fsp3) is 0.298. The molecule has 2 aliphatic rings. The number of nitrogens with zero attached hydrogens (tertiary/aromatic N) is 7. The molecule has 0 unspecified atom stereocenters. The molecule has 0 saturated heterocycles. The molecular weight excluding hydrogens is 1070 g/mol. The SMILES string of the molecule is CON(C)C(=O)c1cc(NCCC(F)(F)F)c2ncc(-c3ccc(C(=O)NC4CC4)c(C)c3)n2n1.Cc1cc(-c2cnc3c(NCCC(F)(F)F)cc(C(=O)c4cc(F)ccc4OCc4ccccc4)nn23)ccc1C(=O)NC1CC1. The highest BCUT2D eigenvalue weighted by atomic mass is 19.4. The van der Waals surface area contributed by atoms with Gasteiger partial charge in [0, 0.05) is 54.5 Å². The van der Waals surface area contributed by atoms with Crippen molar-refractivity contribution in [3.05, 3.63) is 160 Å². The summed E-state index contributed by atoms with van der Waals surface area (Å²) in [6, 6.07) is 26.3. The molecule has 4 aromatic heterocycles. The summed E-state index contributed by atoms with van der Waals surface area (Å²) < 4.78 is 100. The van der Waals surface area contributed by atoms with Gasteiger partial charge in [-0.15, -0.1) is 0 Å². The Hall–Kier alpha value is -8.93. The quantitative estimate of drug-likeness (QED) is 0.0340. The minimum atomic E-state index is -4.41. The monoisotopic (exact) mass is 1120 g/mol. The van der Waals surface area contributed by atoms with Crippen LogP contribution in [0.3, 0.4) is 0 Å². The van der Waals surface area contributed by atoms with E-state index in [9.17, 15) is 49.9 Å². The number of hydrogen-bond donors (Lipinski definition) is 4. The maximum absolute atomic E-state index is 14.4. The first-order valence-corrected chi connectivity index (χ1v) is 25.7. The van der Waals surface area contributed by atoms with Gasteiger partial charge >= 0.3 is 12.4 Å². The number of imidazole rings is 2. The maximum atomic E-state index is 14.4. The first-order chi connectivity index (χ1) is 38.6. The van der Waals surface area contributed by atoms with Crippen molar-refractivity contribution in [1.29, 1.82) is 0 Å². The molecule has 81 heavy (non-hydrogen) atoms. The Labute approximate surface area is 458 Å². The van der Waals surface area contributed by atoms with E-state index in [1.807, 2.05) is 37.3 Å². The zero-order valence-electron chi connectivity index (χ0n) is 44.1. The molecule has 2 aliphatic carbocycles. The fourth-order valence-electron chi connectivity index (χ4n) is 8.54. The molecule has 0 atom stereocenters. The molecule has 0 bridgehead atoms. The lowest BCUT2D eigenvalue weighted by atomic mass is 10.0. The van der Waals surface area contributed by atoms with Crippen LogP contribution in [-0.4, -0.2) is 109 Å². The number of benzene rings is 4. The maximum Gasteiger partial charge on any atom is 0.390 e. The second kappa shape index (κ2) is 23.8. The Balaban J connectivity index is 0.000000203. The van der Waals surface area contributed by atoms with Crippen LogP contribution in [0.4, 0.5) is 42.1 Å². The van der Waals surface area contributed by atoms with E-state index in [1.54, 1.807) is 43.3 Å². The summed E-state index contributed by atoms with van der Waals surface area (Å²) in [5.74, 6) is -2.16. The van der Waals surface area contributed by atoms with Gasteiger partial charge in [0.2, 0.25) is 5.78 Å². The van der Waals surface area contributed by atoms with Gasteiger partial charge < -0.3 is 26.0 Å². The van der Waals surface area contributed by atoms with Crippen molar-refractivity contribution >= 4 is 46.2 Å². The molecule has 24 heteroatoms. The van der Waals surface area contributed by atoms with E-state index < -0.39 is 55.8 Å². The van der Waals surface area contributed by atoms with Crippen LogP contribution in [0.2, 0.25) is 0 Å². The lowest BCUT2D eigenvalue weighted by molar-refractivity contribution is -0.132. The van der Waals surface area contributed by atoms with E-state index in [0.717, 1.165) is 47.9 Å². The molecule has 8 aromatic rings. The van der Waals surface area contributed by atoms with Crippen molar-refractivity contribution in [2.45, 2.75) is 83.4 Å². The van der Waals surface area contributed by atoms with Gasteiger partial charge in [-0.05, 0) is 111 Å². The summed E-state index contributed by atoms with van der Waals surface area (Å²) >= 11 is 0. The Morgan fingerprint density at radius 1 is 0.642 bits per heavy atom. The molecule has 4 N–H and O–H groups in total. The number of hydroxylamine groups is 2. The van der Waals surface area contributed by atoms with Crippen LogP contribution in [0.15, 0.2) is 109 Å². The number of ketones is 1. The summed E-state index contributed by atoms with van der Waals surface area (Å²) in [5.41, 5.74) is 6.03. The first kappa shape index (κ1) is 56.8. The molecule has 0 radical (unpaired) electrons. The molecule has 3 amide bonds. The van der Waals surface area contributed by atoms with Crippen LogP contribution in [0.5, 0.6) is 5.75 Å². The first-order valence-electron chi connectivity index (χ1n) is 25.7. The standard InChI is InChI=1S/C34H29F4N5O3.C23H25F3N6O3/c1-20-15-22(7-11-25(20)33(45)41-24-9-10-24)29-18-40-32-28(39-14-13-34(36,37)38)17-27(42-43(29)32)31(44)26-16-23(35)8-12-30(26)46-19-21-5-3-2-4-6-21;1-13-10-14(4-7-16(13)21(33)29-15-5-6-15)19-12-28-20-17(27-9-8-23(24,25)26)11-18(30-32(19)20)22(34)31(2)35-3/h2-8,11-12,15-18,24,39H,9-10,13-14,19H2,1H3,(H,41,45);4,7,10-12,15,27H,5-6,8-9H2,1-3H3,(H,29,33). The van der Waals surface area contributed by atoms with Gasteiger partial charge in [0.05, 0.1) is 60.7 Å². The molecule has 0 aliphatic heterocycles. The van der Waals surface area contributed by atoms with E-state index in [2.05, 4.69) is 41.4 Å². The third-order valence-corrected chi connectivity index (χ3v) is 13.2. The minimum Gasteiger partial charge on any atom is -0.488 e. The largest absolute Gasteiger partial charge is 0.488 e. The number of aromatic nitrogens is 6. The highest BCUT2D eigenvalue weighted by molar-refractivity contribution is 6.10. The predicted octanol–water partition coefficient (Wildman–Crippen LogP) is 10.5. The number of aryl methyl sites for hydroxylation is 2. The number of halogens is 7. The zero-order valence-corrected chi connectivity index (χ0v) is 44.1. The second-order valence-electron chi connectivity index (χ2n) is 19.5. The van der Waals surface area contributed by atoms with Crippen molar-refractivity contribution in [3.8, 4) is 28.3 Å². The van der Waals surface area contributed by atoms with Gasteiger partial charge in [0.1, 0.15) is 23.9 Å². The van der Waals surface area contributed by atoms with Gasteiger partial charge in [-0.1, -0.05) is 42.5 Å². The second-order valence-corrected chi connectivity index (χ2v) is 19.5. The topological polar surface area (TPSA) is 198 Å². The predicted molar refractivity (Wildman–Crippen MR) is 285 cm³/mol. The summed E-state index contributed by atoms with van der Waals surface area (Å²) in [5, 5.41) is 21.2. The number of amides is 3. The van der Waals surface area contributed by atoms with Crippen LogP contribution < -0.4 is 26.0 Å². The highest BCUT2D eigenvalue weighted by Crippen LogP contribution is 2.32. The Morgan fingerprint density at radius 2 is 1.14 bits per heavy atom. The van der Waals surface area contributed by atoms with E-state index >= 15 is 0 Å². The van der Waals surface area contributed by atoms with Gasteiger partial charge in [0.15, 0.2) is 17.0 Å². The molecule has 2 saturated carbocycles. The molecule has 2 fully saturated rings. The Kier molecular flexibility index (Phi) is 16.7. The Morgan fingerprint density at radius 3 is 1.60 bits per heavy atom. The molecular formula is C57H54F7N11O6. The van der Waals surface area contributed by atoms with Gasteiger partial charge in [-0.25, -0.2) is 28.5 Å². The van der Waals surface area contributed by atoms with E-state index in [-0.39, 0.29) is 75.9 Å². The van der Waals surface area contributed by atoms with Crippen molar-refractivity contribution < 1.29 is 59.5 Å². The number of rotatable bonds is 19. The molecule has 17 nitrogen and oxygen atoms in total. The lowest BCUT2D eigenvalue weighted by Gasteiger charge is -2.15. The van der Waals surface area contributed by atoms with Gasteiger partial charge in [0.25, 0.3) is 17.7 Å². The third kappa shape index (κ3) is 14.1. The lowest BCUT2D eigenvalue weighted by Crippen LogP contribution is -2.27. The minimum absolute atomic E-state index is 0.0484. The average Bonchev–Trinajstić information content (AvgIpc) is 4.55. The van der Waals surface area contributed by atoms with E-state index in [1.165, 1.54) is 59.8 Å². The van der Waals surface area contributed by atoms with Crippen molar-refractivity contribution in [3.63, 3.8) is 0 Å². The summed E-state index contributed by atoms with van der Waals surface area (Å²) in [6.07, 6.45) is -4.05. The van der Waals surface area contributed by atoms with Gasteiger partial charge in [-0.2, -0.15) is 36.5 Å². The number of carbonyl (C=O) groups excluding carboxylic acids is 4. The number of anilines is 2. The fourth-order valence-corrected chi connectivity index (χ4v) is 8.54. The normalized spacial score (nSPS) is 13.3. The third-order valence-electron chi connectivity index (χ3n) is 13.2. The number of carbonyl (C=O) groups is 4. The number of nitrogens with one attached hydrogen (secondary N) is 4. The summed E-state index contributed by atoms with van der Waals surface area (Å²) in [7, 11) is 2.71. The van der Waals surface area contributed by atoms with Crippen LogP contribution in [0, 0.1) is 19.7 Å². The number of ether oxygens (including phenoxy) is 1. The summed E-state index contributed by atoms with van der Waals surface area (Å²) in [6.45, 7) is 2.84. The van der Waals surface area contributed by atoms with E-state index in [0.29, 0.717) is 39.2 Å².